The van der Waals surface area contributed by atoms with E-state index in [-0.39, 0.29) is 11.1 Å². The zero-order valence-corrected chi connectivity index (χ0v) is 9.24. The van der Waals surface area contributed by atoms with Gasteiger partial charge >= 0.3 is 12.6 Å². The molecule has 1 aromatic carbocycles. The molecule has 0 aliphatic heterocycles. The van der Waals surface area contributed by atoms with Crippen LogP contribution in [0, 0.1) is 11.3 Å². The van der Waals surface area contributed by atoms with E-state index in [0.717, 1.165) is 0 Å². The van der Waals surface area contributed by atoms with Gasteiger partial charge in [-0.15, -0.1) is 0 Å². The molecule has 0 radical (unpaired) electrons. The van der Waals surface area contributed by atoms with Crippen molar-refractivity contribution in [3.8, 4) is 11.8 Å². The Morgan fingerprint density at radius 1 is 1.37 bits per heavy atom. The number of alkyl halides is 4. The van der Waals surface area contributed by atoms with Crippen LogP contribution < -0.4 is 4.74 Å². The molecule has 0 saturated carbocycles. The summed E-state index contributed by atoms with van der Waals surface area (Å²) in [6.07, 6.45) is -3.80. The number of nitriles is 1. The van der Waals surface area contributed by atoms with Gasteiger partial charge in [0.25, 0.3) is 6.43 Å². The van der Waals surface area contributed by atoms with Gasteiger partial charge in [0, 0.05) is 0 Å². The number of hydrogen-bond acceptors (Lipinski definition) is 3. The van der Waals surface area contributed by atoms with Crippen LogP contribution in [0.1, 0.15) is 23.1 Å². The lowest BCUT2D eigenvalue weighted by atomic mass is 10.0. The molecule has 1 N–H and O–H groups in total. The minimum Gasteiger partial charge on any atom is -0.481 e. The summed E-state index contributed by atoms with van der Waals surface area (Å²) >= 11 is 0. The molecule has 19 heavy (non-hydrogen) atoms. The first-order valence-electron chi connectivity index (χ1n) is 4.86. The van der Waals surface area contributed by atoms with Crippen molar-refractivity contribution in [3.63, 3.8) is 0 Å². The van der Waals surface area contributed by atoms with Crippen molar-refractivity contribution in [2.24, 2.45) is 0 Å². The molecule has 0 saturated heterocycles. The van der Waals surface area contributed by atoms with Gasteiger partial charge in [-0.2, -0.15) is 14.0 Å². The van der Waals surface area contributed by atoms with Crippen LogP contribution in [0.15, 0.2) is 12.1 Å². The average Bonchev–Trinajstić information content (AvgIpc) is 2.28. The zero-order valence-electron chi connectivity index (χ0n) is 9.24. The summed E-state index contributed by atoms with van der Waals surface area (Å²) in [5, 5.41) is 17.3. The van der Waals surface area contributed by atoms with Crippen molar-refractivity contribution in [2.45, 2.75) is 19.5 Å². The molecule has 8 heteroatoms. The number of halogens is 4. The fraction of sp³-hybridized carbons (Fsp3) is 0.273. The first kappa shape index (κ1) is 14.8. The molecule has 0 amide bonds. The van der Waals surface area contributed by atoms with Crippen LogP contribution in [0.3, 0.4) is 0 Å². The second-order valence-corrected chi connectivity index (χ2v) is 3.41. The number of aliphatic carboxylic acids is 1. The van der Waals surface area contributed by atoms with E-state index in [1.807, 2.05) is 0 Å². The number of carboxylic acid groups (broad SMARTS) is 1. The van der Waals surface area contributed by atoms with Crippen molar-refractivity contribution in [3.05, 3.63) is 28.8 Å². The molecule has 0 bridgehead atoms. The number of carbonyl (C=O) groups is 1. The van der Waals surface area contributed by atoms with Gasteiger partial charge in [-0.1, -0.05) is 0 Å². The highest BCUT2D eigenvalue weighted by atomic mass is 19.3. The van der Waals surface area contributed by atoms with Gasteiger partial charge in [-0.25, -0.2) is 8.78 Å². The van der Waals surface area contributed by atoms with Gasteiger partial charge in [0.05, 0.1) is 23.6 Å². The summed E-state index contributed by atoms with van der Waals surface area (Å²) in [6.45, 7) is -3.32. The minimum absolute atomic E-state index is 0.188. The SMILES string of the molecule is N#Cc1cc(OC(F)F)c(C(F)F)cc1CC(=O)O. The zero-order chi connectivity index (χ0) is 14.6. The van der Waals surface area contributed by atoms with E-state index in [1.54, 1.807) is 6.07 Å². The molecular formula is C11H7F4NO3. The third-order valence-electron chi connectivity index (χ3n) is 2.15. The highest BCUT2D eigenvalue weighted by molar-refractivity contribution is 5.72. The predicted molar refractivity (Wildman–Crippen MR) is 54.1 cm³/mol. The van der Waals surface area contributed by atoms with Crippen molar-refractivity contribution in [1.82, 2.24) is 0 Å². The Labute approximate surface area is 104 Å². The molecule has 0 fully saturated rings. The van der Waals surface area contributed by atoms with E-state index >= 15 is 0 Å². The molecule has 0 atom stereocenters. The first-order valence-corrected chi connectivity index (χ1v) is 4.86. The second-order valence-electron chi connectivity index (χ2n) is 3.41. The number of ether oxygens (including phenoxy) is 1. The van der Waals surface area contributed by atoms with E-state index in [2.05, 4.69) is 4.74 Å². The van der Waals surface area contributed by atoms with Crippen LogP contribution in [0.25, 0.3) is 0 Å². The monoisotopic (exact) mass is 277 g/mol. The molecule has 1 aromatic rings. The Hall–Kier alpha value is -2.30. The molecule has 1 rings (SSSR count). The summed E-state index contributed by atoms with van der Waals surface area (Å²) in [5.74, 6) is -2.17. The van der Waals surface area contributed by atoms with Crippen LogP contribution in [0.2, 0.25) is 0 Å². The summed E-state index contributed by atoms with van der Waals surface area (Å²) in [4.78, 5) is 10.5. The molecule has 102 valence electrons. The Bertz CT molecular complexity index is 525. The van der Waals surface area contributed by atoms with Crippen molar-refractivity contribution in [2.75, 3.05) is 0 Å². The summed E-state index contributed by atoms with van der Waals surface area (Å²) in [7, 11) is 0. The third-order valence-corrected chi connectivity index (χ3v) is 2.15. The Morgan fingerprint density at radius 2 is 2.00 bits per heavy atom. The normalized spacial score (nSPS) is 10.6. The van der Waals surface area contributed by atoms with Crippen LogP contribution in [0.5, 0.6) is 5.75 Å². The smallest absolute Gasteiger partial charge is 0.387 e. The Morgan fingerprint density at radius 3 is 2.42 bits per heavy atom. The van der Waals surface area contributed by atoms with Crippen LogP contribution in [-0.4, -0.2) is 17.7 Å². The Kier molecular flexibility index (Phi) is 4.69. The van der Waals surface area contributed by atoms with Gasteiger partial charge in [-0.3, -0.25) is 4.79 Å². The highest BCUT2D eigenvalue weighted by Gasteiger charge is 2.21. The standard InChI is InChI=1S/C11H7F4NO3/c12-10(13)7-1-5(3-9(17)18)6(4-16)2-8(7)19-11(14)15/h1-2,10-11H,3H2,(H,17,18). The lowest BCUT2D eigenvalue weighted by Crippen LogP contribution is -2.08. The maximum absolute atomic E-state index is 12.7. The lowest BCUT2D eigenvalue weighted by Gasteiger charge is -2.12. The number of hydrogen-bond donors (Lipinski definition) is 1. The van der Waals surface area contributed by atoms with E-state index in [9.17, 15) is 22.4 Å². The van der Waals surface area contributed by atoms with Crippen molar-refractivity contribution in [1.29, 1.82) is 5.26 Å². The molecule has 0 aliphatic rings. The predicted octanol–water partition coefficient (Wildman–Crippen LogP) is 2.72. The fourth-order valence-corrected chi connectivity index (χ4v) is 1.43. The van der Waals surface area contributed by atoms with Crippen LogP contribution in [0.4, 0.5) is 17.6 Å². The molecule has 0 aromatic heterocycles. The summed E-state index contributed by atoms with van der Waals surface area (Å²) < 4.78 is 53.4. The fourth-order valence-electron chi connectivity index (χ4n) is 1.43. The topological polar surface area (TPSA) is 70.3 Å². The Balaban J connectivity index is 3.33. The third kappa shape index (κ3) is 3.84. The number of nitrogens with zero attached hydrogens (tertiary/aromatic N) is 1. The molecule has 4 nitrogen and oxygen atoms in total. The van der Waals surface area contributed by atoms with Gasteiger partial charge in [0.15, 0.2) is 0 Å². The van der Waals surface area contributed by atoms with E-state index in [4.69, 9.17) is 10.4 Å². The molecule has 0 unspecified atom stereocenters. The van der Waals surface area contributed by atoms with E-state index in [0.29, 0.717) is 12.1 Å². The van der Waals surface area contributed by atoms with Gasteiger partial charge in [0.2, 0.25) is 0 Å². The number of rotatable bonds is 5. The lowest BCUT2D eigenvalue weighted by molar-refractivity contribution is -0.136. The van der Waals surface area contributed by atoms with Gasteiger partial charge in [-0.05, 0) is 17.7 Å². The molecule has 0 spiro atoms. The van der Waals surface area contributed by atoms with Crippen molar-refractivity contribution < 1.29 is 32.2 Å². The quantitative estimate of drug-likeness (QED) is 0.840. The molecule has 0 aliphatic carbocycles. The van der Waals surface area contributed by atoms with Gasteiger partial charge < -0.3 is 9.84 Å². The maximum Gasteiger partial charge on any atom is 0.387 e. The maximum atomic E-state index is 12.7. The highest BCUT2D eigenvalue weighted by Crippen LogP contribution is 2.33. The first-order chi connectivity index (χ1) is 8.85. The summed E-state index contributed by atoms with van der Waals surface area (Å²) in [6, 6.07) is 2.92. The van der Waals surface area contributed by atoms with E-state index < -0.39 is 36.7 Å². The average molecular weight is 277 g/mol. The van der Waals surface area contributed by atoms with Crippen molar-refractivity contribution >= 4 is 5.97 Å². The summed E-state index contributed by atoms with van der Waals surface area (Å²) in [5.41, 5.74) is -1.37. The van der Waals surface area contributed by atoms with Crippen LogP contribution in [-0.2, 0) is 11.2 Å². The minimum atomic E-state index is -3.32. The second kappa shape index (κ2) is 6.04. The number of carboxylic acids is 1. The largest absolute Gasteiger partial charge is 0.481 e. The van der Waals surface area contributed by atoms with Gasteiger partial charge in [0.1, 0.15) is 5.75 Å². The van der Waals surface area contributed by atoms with E-state index in [1.165, 1.54) is 0 Å². The molecular weight excluding hydrogens is 270 g/mol. The molecule has 0 heterocycles. The van der Waals surface area contributed by atoms with Crippen LogP contribution >= 0.6 is 0 Å². The number of benzene rings is 1.